The van der Waals surface area contributed by atoms with Crippen molar-refractivity contribution in [1.29, 1.82) is 0 Å². The van der Waals surface area contributed by atoms with E-state index in [-0.39, 0.29) is 12.1 Å². The molecule has 0 radical (unpaired) electrons. The van der Waals surface area contributed by atoms with Crippen LogP contribution in [0.3, 0.4) is 0 Å². The van der Waals surface area contributed by atoms with Crippen molar-refractivity contribution in [2.24, 2.45) is 11.7 Å². The molecule has 0 aromatic rings. The van der Waals surface area contributed by atoms with Crippen LogP contribution in [0.15, 0.2) is 0 Å². The third-order valence-electron chi connectivity index (χ3n) is 4.50. The smallest absolute Gasteiger partial charge is 0.214 e. The van der Waals surface area contributed by atoms with E-state index in [1.54, 1.807) is 11.4 Å². The van der Waals surface area contributed by atoms with E-state index in [1.165, 1.54) is 12.8 Å². The summed E-state index contributed by atoms with van der Waals surface area (Å²) in [6, 6.07) is -0.0925. The van der Waals surface area contributed by atoms with Gasteiger partial charge in [0.2, 0.25) is 10.0 Å². The van der Waals surface area contributed by atoms with Gasteiger partial charge in [0.1, 0.15) is 0 Å². The Hall–Kier alpha value is -0.170. The summed E-state index contributed by atoms with van der Waals surface area (Å²) in [6.07, 6.45) is 6.10. The molecule has 0 amide bonds. The summed E-state index contributed by atoms with van der Waals surface area (Å²) in [7, 11) is -1.48. The Kier molecular flexibility index (Phi) is 5.22. The highest BCUT2D eigenvalue weighted by Gasteiger charge is 2.36. The molecule has 1 aliphatic heterocycles. The zero-order valence-corrected chi connectivity index (χ0v) is 12.6. The Balaban J connectivity index is 2.01. The van der Waals surface area contributed by atoms with Crippen molar-refractivity contribution < 1.29 is 13.2 Å². The molecule has 0 aromatic heterocycles. The van der Waals surface area contributed by atoms with Gasteiger partial charge in [-0.15, -0.1) is 0 Å². The number of methoxy groups -OCH3 is 1. The number of nitrogens with zero attached hydrogens (tertiary/aromatic N) is 1. The van der Waals surface area contributed by atoms with Gasteiger partial charge < -0.3 is 10.5 Å². The van der Waals surface area contributed by atoms with Crippen molar-refractivity contribution in [3.63, 3.8) is 0 Å². The van der Waals surface area contributed by atoms with Gasteiger partial charge >= 0.3 is 0 Å². The van der Waals surface area contributed by atoms with Crippen molar-refractivity contribution in [1.82, 2.24) is 4.31 Å². The maximum Gasteiger partial charge on any atom is 0.214 e. The van der Waals surface area contributed by atoms with E-state index < -0.39 is 10.0 Å². The quantitative estimate of drug-likeness (QED) is 0.818. The van der Waals surface area contributed by atoms with E-state index in [0.29, 0.717) is 24.8 Å². The molecule has 2 rings (SSSR count). The normalized spacial score (nSPS) is 30.8. The minimum Gasteiger partial charge on any atom is -0.381 e. The second-order valence-electron chi connectivity index (χ2n) is 5.81. The first-order valence-corrected chi connectivity index (χ1v) is 8.90. The first kappa shape index (κ1) is 15.2. The molecule has 1 saturated carbocycles. The highest BCUT2D eigenvalue weighted by atomic mass is 32.2. The van der Waals surface area contributed by atoms with Crippen LogP contribution in [0.5, 0.6) is 0 Å². The number of sulfonamides is 1. The molecule has 2 aliphatic rings. The molecule has 0 bridgehead atoms. The molecule has 1 heterocycles. The predicted molar refractivity (Wildman–Crippen MR) is 75.3 cm³/mol. The molecular formula is C13H26N2O3S. The summed E-state index contributed by atoms with van der Waals surface area (Å²) in [5.41, 5.74) is 5.75. The third kappa shape index (κ3) is 3.68. The lowest BCUT2D eigenvalue weighted by Crippen LogP contribution is -2.52. The Morgan fingerprint density at radius 2 is 1.95 bits per heavy atom. The van der Waals surface area contributed by atoms with E-state index in [4.69, 9.17) is 10.5 Å². The van der Waals surface area contributed by atoms with Crippen molar-refractivity contribution in [3.05, 3.63) is 0 Å². The second-order valence-corrected chi connectivity index (χ2v) is 7.78. The third-order valence-corrected chi connectivity index (χ3v) is 6.59. The topological polar surface area (TPSA) is 72.6 Å². The van der Waals surface area contributed by atoms with Gasteiger partial charge in [0, 0.05) is 26.2 Å². The summed E-state index contributed by atoms with van der Waals surface area (Å²) < 4.78 is 32.1. The molecule has 6 heteroatoms. The predicted octanol–water partition coefficient (Wildman–Crippen LogP) is 0.945. The summed E-state index contributed by atoms with van der Waals surface area (Å²) in [5.74, 6) is 0.657. The Labute approximate surface area is 116 Å². The van der Waals surface area contributed by atoms with Crippen molar-refractivity contribution in [2.75, 3.05) is 26.0 Å². The van der Waals surface area contributed by atoms with Gasteiger partial charge in [-0.3, -0.25) is 0 Å². The van der Waals surface area contributed by atoms with Crippen molar-refractivity contribution in [2.45, 2.75) is 50.7 Å². The van der Waals surface area contributed by atoms with Gasteiger partial charge in [0.25, 0.3) is 0 Å². The molecule has 2 N–H and O–H groups in total. The minimum absolute atomic E-state index is 0.0925. The van der Waals surface area contributed by atoms with E-state index in [9.17, 15) is 8.42 Å². The van der Waals surface area contributed by atoms with Gasteiger partial charge in [-0.2, -0.15) is 4.31 Å². The molecule has 2 unspecified atom stereocenters. The van der Waals surface area contributed by atoms with E-state index in [2.05, 4.69) is 0 Å². The molecule has 19 heavy (non-hydrogen) atoms. The minimum atomic E-state index is -3.16. The van der Waals surface area contributed by atoms with E-state index in [0.717, 1.165) is 25.7 Å². The number of piperidine rings is 1. The summed E-state index contributed by atoms with van der Waals surface area (Å²) in [4.78, 5) is 0. The molecule has 0 aromatic carbocycles. The molecular weight excluding hydrogens is 264 g/mol. The molecule has 5 nitrogen and oxygen atoms in total. The number of ether oxygens (including phenoxy) is 1. The molecule has 0 spiro atoms. The van der Waals surface area contributed by atoms with Crippen molar-refractivity contribution >= 4 is 10.0 Å². The zero-order chi connectivity index (χ0) is 13.9. The zero-order valence-electron chi connectivity index (χ0n) is 11.8. The highest BCUT2D eigenvalue weighted by Crippen LogP contribution is 2.29. The van der Waals surface area contributed by atoms with E-state index in [1.807, 2.05) is 0 Å². The Bertz CT molecular complexity index is 379. The monoisotopic (exact) mass is 290 g/mol. The first-order valence-electron chi connectivity index (χ1n) is 7.29. The summed E-state index contributed by atoms with van der Waals surface area (Å²) in [5, 5.41) is 0. The Morgan fingerprint density at radius 3 is 2.53 bits per heavy atom. The molecule has 112 valence electrons. The SMILES string of the molecule is COC1CCN(S(=O)(=O)CC2CCCC2)C(CN)C1. The molecule has 1 aliphatic carbocycles. The lowest BCUT2D eigenvalue weighted by Gasteiger charge is -2.37. The Morgan fingerprint density at radius 1 is 1.26 bits per heavy atom. The lowest BCUT2D eigenvalue weighted by atomic mass is 10.0. The van der Waals surface area contributed by atoms with Crippen LogP contribution in [-0.2, 0) is 14.8 Å². The highest BCUT2D eigenvalue weighted by molar-refractivity contribution is 7.89. The average molecular weight is 290 g/mol. The van der Waals surface area contributed by atoms with Crippen LogP contribution in [0, 0.1) is 5.92 Å². The largest absolute Gasteiger partial charge is 0.381 e. The van der Waals surface area contributed by atoms with Crippen LogP contribution in [0.2, 0.25) is 0 Å². The van der Waals surface area contributed by atoms with Crippen LogP contribution < -0.4 is 5.73 Å². The van der Waals surface area contributed by atoms with Crippen LogP contribution in [0.4, 0.5) is 0 Å². The fourth-order valence-corrected chi connectivity index (χ4v) is 5.49. The van der Waals surface area contributed by atoms with Crippen LogP contribution in [0.1, 0.15) is 38.5 Å². The number of hydrogen-bond acceptors (Lipinski definition) is 4. The summed E-state index contributed by atoms with van der Waals surface area (Å²) in [6.45, 7) is 0.930. The second kappa shape index (κ2) is 6.52. The average Bonchev–Trinajstić information content (AvgIpc) is 2.89. The molecule has 1 saturated heterocycles. The standard InChI is InChI=1S/C13H26N2O3S/c1-18-13-6-7-15(12(8-13)9-14)19(16,17)10-11-4-2-3-5-11/h11-13H,2-10,14H2,1H3. The first-order chi connectivity index (χ1) is 9.06. The maximum absolute atomic E-state index is 12.5. The fourth-order valence-electron chi connectivity index (χ4n) is 3.36. The van der Waals surface area contributed by atoms with Crippen LogP contribution in [0.25, 0.3) is 0 Å². The molecule has 2 atom stereocenters. The molecule has 2 fully saturated rings. The fraction of sp³-hybridized carbons (Fsp3) is 1.00. The number of nitrogens with two attached hydrogens (primary N) is 1. The lowest BCUT2D eigenvalue weighted by molar-refractivity contribution is 0.0401. The maximum atomic E-state index is 12.5. The van der Waals surface area contributed by atoms with Gasteiger partial charge in [-0.05, 0) is 31.6 Å². The van der Waals surface area contributed by atoms with Gasteiger partial charge in [-0.25, -0.2) is 8.42 Å². The van der Waals surface area contributed by atoms with E-state index >= 15 is 0 Å². The van der Waals surface area contributed by atoms with Gasteiger partial charge in [0.15, 0.2) is 0 Å². The number of rotatable bonds is 5. The summed E-state index contributed by atoms with van der Waals surface area (Å²) >= 11 is 0. The van der Waals surface area contributed by atoms with Gasteiger partial charge in [-0.1, -0.05) is 12.8 Å². The number of hydrogen-bond donors (Lipinski definition) is 1. The van der Waals surface area contributed by atoms with Crippen LogP contribution >= 0.6 is 0 Å². The van der Waals surface area contributed by atoms with Crippen LogP contribution in [-0.4, -0.2) is 50.8 Å². The van der Waals surface area contributed by atoms with Crippen molar-refractivity contribution in [3.8, 4) is 0 Å². The van der Waals surface area contributed by atoms with Gasteiger partial charge in [0.05, 0.1) is 11.9 Å².